The van der Waals surface area contributed by atoms with Crippen molar-refractivity contribution in [3.05, 3.63) is 27.5 Å². The molecule has 0 saturated carbocycles. The first-order valence-corrected chi connectivity index (χ1v) is 6.04. The summed E-state index contributed by atoms with van der Waals surface area (Å²) in [5.74, 6) is -0.805. The number of carbonyl (C=O) groups excluding carboxylic acids is 1. The maximum atomic E-state index is 12.8. The number of nitrogens with zero attached hydrogens (tertiary/aromatic N) is 1. The van der Waals surface area contributed by atoms with E-state index in [-0.39, 0.29) is 16.6 Å². The van der Waals surface area contributed by atoms with E-state index in [1.54, 1.807) is 0 Å². The fourth-order valence-electron chi connectivity index (χ4n) is 1.20. The highest BCUT2D eigenvalue weighted by atomic mass is 79.9. The standard InChI is InChI=1S/C9H7Br2F2NO2/c1-16-9(15)4-2-6(11)14-5(3-10)7(4)8(12)13/h2,8H,3H2,1H3. The maximum Gasteiger partial charge on any atom is 0.338 e. The lowest BCUT2D eigenvalue weighted by Crippen LogP contribution is -2.10. The number of esters is 1. The molecule has 0 aliphatic carbocycles. The van der Waals surface area contributed by atoms with Crippen LogP contribution in [-0.2, 0) is 10.1 Å². The van der Waals surface area contributed by atoms with Crippen LogP contribution in [0.4, 0.5) is 8.78 Å². The lowest BCUT2D eigenvalue weighted by molar-refractivity contribution is 0.0588. The van der Waals surface area contributed by atoms with E-state index >= 15 is 0 Å². The van der Waals surface area contributed by atoms with Gasteiger partial charge in [0.05, 0.1) is 23.9 Å². The van der Waals surface area contributed by atoms with Crippen molar-refractivity contribution < 1.29 is 18.3 Å². The van der Waals surface area contributed by atoms with Crippen LogP contribution >= 0.6 is 31.9 Å². The molecular weight excluding hydrogens is 352 g/mol. The Labute approximate surface area is 107 Å². The van der Waals surface area contributed by atoms with Crippen molar-refractivity contribution in [2.45, 2.75) is 11.8 Å². The predicted octanol–water partition coefficient (Wildman–Crippen LogP) is 3.46. The molecule has 0 aliphatic rings. The number of aromatic nitrogens is 1. The van der Waals surface area contributed by atoms with Gasteiger partial charge in [-0.05, 0) is 22.0 Å². The van der Waals surface area contributed by atoms with Gasteiger partial charge in [0, 0.05) is 5.33 Å². The van der Waals surface area contributed by atoms with Gasteiger partial charge < -0.3 is 4.74 Å². The van der Waals surface area contributed by atoms with E-state index < -0.39 is 18.0 Å². The van der Waals surface area contributed by atoms with Crippen LogP contribution in [0.1, 0.15) is 28.0 Å². The summed E-state index contributed by atoms with van der Waals surface area (Å²) in [4.78, 5) is 15.2. The Morgan fingerprint density at radius 3 is 2.69 bits per heavy atom. The minimum absolute atomic E-state index is 0.116. The van der Waals surface area contributed by atoms with Crippen LogP contribution in [-0.4, -0.2) is 18.1 Å². The maximum absolute atomic E-state index is 12.8. The highest BCUT2D eigenvalue weighted by molar-refractivity contribution is 9.10. The lowest BCUT2D eigenvalue weighted by atomic mass is 10.1. The van der Waals surface area contributed by atoms with E-state index in [1.807, 2.05) is 0 Å². The third-order valence-corrected chi connectivity index (χ3v) is 2.79. The summed E-state index contributed by atoms with van der Waals surface area (Å²) < 4.78 is 30.4. The lowest BCUT2D eigenvalue weighted by Gasteiger charge is -2.11. The summed E-state index contributed by atoms with van der Waals surface area (Å²) in [5, 5.41) is 0.135. The van der Waals surface area contributed by atoms with Crippen LogP contribution in [0.3, 0.4) is 0 Å². The monoisotopic (exact) mass is 357 g/mol. The van der Waals surface area contributed by atoms with E-state index in [2.05, 4.69) is 41.6 Å². The minimum atomic E-state index is -2.78. The normalized spacial score (nSPS) is 10.6. The molecule has 7 heteroatoms. The molecule has 0 fully saturated rings. The van der Waals surface area contributed by atoms with E-state index in [0.717, 1.165) is 7.11 Å². The molecule has 0 N–H and O–H groups in total. The van der Waals surface area contributed by atoms with Gasteiger partial charge in [-0.25, -0.2) is 18.6 Å². The molecule has 0 saturated heterocycles. The molecule has 16 heavy (non-hydrogen) atoms. The van der Waals surface area contributed by atoms with E-state index in [4.69, 9.17) is 0 Å². The van der Waals surface area contributed by atoms with Gasteiger partial charge in [0.15, 0.2) is 0 Å². The number of ether oxygens (including phenoxy) is 1. The van der Waals surface area contributed by atoms with Gasteiger partial charge in [-0.1, -0.05) is 15.9 Å². The predicted molar refractivity (Wildman–Crippen MR) is 60.9 cm³/mol. The molecule has 1 aromatic heterocycles. The largest absolute Gasteiger partial charge is 0.465 e. The first kappa shape index (κ1) is 13.5. The van der Waals surface area contributed by atoms with Crippen LogP contribution < -0.4 is 0 Å². The van der Waals surface area contributed by atoms with E-state index in [0.29, 0.717) is 4.60 Å². The molecule has 1 heterocycles. The Kier molecular flexibility index (Phi) is 4.79. The SMILES string of the molecule is COC(=O)c1cc(Br)nc(CBr)c1C(F)F. The summed E-state index contributed by atoms with van der Waals surface area (Å²) in [5.41, 5.74) is -0.453. The van der Waals surface area contributed by atoms with E-state index in [9.17, 15) is 13.6 Å². The molecule has 3 nitrogen and oxygen atoms in total. The number of methoxy groups -OCH3 is 1. The van der Waals surface area contributed by atoms with Gasteiger partial charge >= 0.3 is 5.97 Å². The first-order valence-electron chi connectivity index (χ1n) is 4.13. The van der Waals surface area contributed by atoms with Gasteiger partial charge in [-0.15, -0.1) is 0 Å². The van der Waals surface area contributed by atoms with Crippen molar-refractivity contribution in [3.8, 4) is 0 Å². The van der Waals surface area contributed by atoms with Crippen LogP contribution in [0.5, 0.6) is 0 Å². The fourth-order valence-corrected chi connectivity index (χ4v) is 2.07. The Morgan fingerprint density at radius 2 is 2.25 bits per heavy atom. The zero-order chi connectivity index (χ0) is 12.3. The number of halogens is 4. The van der Waals surface area contributed by atoms with Crippen LogP contribution in [0.2, 0.25) is 0 Å². The summed E-state index contributed by atoms with van der Waals surface area (Å²) in [6, 6.07) is 1.22. The van der Waals surface area contributed by atoms with Crippen molar-refractivity contribution in [1.29, 1.82) is 0 Å². The first-order chi connectivity index (χ1) is 7.51. The van der Waals surface area contributed by atoms with Crippen LogP contribution in [0.15, 0.2) is 10.7 Å². The van der Waals surface area contributed by atoms with Gasteiger partial charge in [0.2, 0.25) is 0 Å². The molecule has 88 valence electrons. The average molecular weight is 359 g/mol. The Morgan fingerprint density at radius 1 is 1.62 bits per heavy atom. The van der Waals surface area contributed by atoms with E-state index in [1.165, 1.54) is 6.07 Å². The second kappa shape index (κ2) is 5.67. The van der Waals surface area contributed by atoms with Crippen LogP contribution in [0.25, 0.3) is 0 Å². The van der Waals surface area contributed by atoms with Gasteiger partial charge in [0.25, 0.3) is 6.43 Å². The highest BCUT2D eigenvalue weighted by Crippen LogP contribution is 2.29. The topological polar surface area (TPSA) is 39.2 Å². The fraction of sp³-hybridized carbons (Fsp3) is 0.333. The molecule has 0 unspecified atom stereocenters. The molecule has 1 rings (SSSR count). The zero-order valence-electron chi connectivity index (χ0n) is 8.14. The van der Waals surface area contributed by atoms with Crippen molar-refractivity contribution in [2.24, 2.45) is 0 Å². The second-order valence-corrected chi connectivity index (χ2v) is 4.15. The molecule has 0 bridgehead atoms. The quantitative estimate of drug-likeness (QED) is 0.472. The number of hydrogen-bond acceptors (Lipinski definition) is 3. The van der Waals surface area contributed by atoms with Crippen LogP contribution in [0, 0.1) is 0 Å². The second-order valence-electron chi connectivity index (χ2n) is 2.78. The molecule has 1 aromatic rings. The summed E-state index contributed by atoms with van der Waals surface area (Å²) in [6.07, 6.45) is -2.78. The zero-order valence-corrected chi connectivity index (χ0v) is 11.3. The Balaban J connectivity index is 3.44. The number of rotatable bonds is 3. The molecule has 0 aliphatic heterocycles. The Hall–Kier alpha value is -0.560. The molecule has 0 spiro atoms. The molecule has 0 aromatic carbocycles. The number of carbonyl (C=O) groups is 1. The average Bonchev–Trinajstić information content (AvgIpc) is 2.26. The number of alkyl halides is 3. The van der Waals surface area contributed by atoms with Gasteiger partial charge in [0.1, 0.15) is 4.60 Å². The third-order valence-electron chi connectivity index (χ3n) is 1.86. The van der Waals surface area contributed by atoms with Crippen molar-refractivity contribution in [3.63, 3.8) is 0 Å². The summed E-state index contributed by atoms with van der Waals surface area (Å²) >= 11 is 6.10. The molecule has 0 amide bonds. The molecule has 0 atom stereocenters. The van der Waals surface area contributed by atoms with Gasteiger partial charge in [-0.2, -0.15) is 0 Å². The highest BCUT2D eigenvalue weighted by Gasteiger charge is 2.24. The summed E-state index contributed by atoms with van der Waals surface area (Å²) in [7, 11) is 1.14. The van der Waals surface area contributed by atoms with Crippen molar-refractivity contribution >= 4 is 37.8 Å². The third kappa shape index (κ3) is 2.76. The minimum Gasteiger partial charge on any atom is -0.465 e. The smallest absolute Gasteiger partial charge is 0.338 e. The Bertz CT molecular complexity index is 413. The van der Waals surface area contributed by atoms with Crippen molar-refractivity contribution in [2.75, 3.05) is 7.11 Å². The number of hydrogen-bond donors (Lipinski definition) is 0. The summed E-state index contributed by atoms with van der Waals surface area (Å²) in [6.45, 7) is 0. The van der Waals surface area contributed by atoms with Gasteiger partial charge in [-0.3, -0.25) is 0 Å². The molecular formula is C9H7Br2F2NO2. The number of pyridine rings is 1. The van der Waals surface area contributed by atoms with Crippen molar-refractivity contribution in [1.82, 2.24) is 4.98 Å². The molecule has 0 radical (unpaired) electrons.